The molecule has 1 atom stereocenters. The Balaban J connectivity index is 1.98. The molecule has 0 radical (unpaired) electrons. The Bertz CT molecular complexity index is 804. The lowest BCUT2D eigenvalue weighted by molar-refractivity contribution is -0.137. The average molecular weight is 362 g/mol. The van der Waals surface area contributed by atoms with E-state index in [2.05, 4.69) is 0 Å². The molecule has 0 N–H and O–H groups in total. The van der Waals surface area contributed by atoms with Gasteiger partial charge < -0.3 is 19.1 Å². The first-order valence-corrected chi connectivity index (χ1v) is 8.38. The quantitative estimate of drug-likeness (QED) is 0.843. The molecule has 0 bridgehead atoms. The number of benzene rings is 1. The van der Waals surface area contributed by atoms with Crippen LogP contribution in [0.5, 0.6) is 5.75 Å². The first-order valence-electron chi connectivity index (χ1n) is 8.01. The molecule has 1 aliphatic heterocycles. The first-order chi connectivity index (χ1) is 11.9. The number of piperazine rings is 1. The second-order valence-corrected chi connectivity index (χ2v) is 6.44. The van der Waals surface area contributed by atoms with Gasteiger partial charge in [0.1, 0.15) is 11.8 Å². The maximum atomic E-state index is 13.0. The highest BCUT2D eigenvalue weighted by atomic mass is 35.5. The number of methoxy groups -OCH3 is 1. The highest BCUT2D eigenvalue weighted by Gasteiger charge is 2.34. The number of carbonyl (C=O) groups is 2. The van der Waals surface area contributed by atoms with Crippen molar-refractivity contribution in [3.8, 4) is 11.4 Å². The Kier molecular flexibility index (Phi) is 4.72. The monoisotopic (exact) mass is 361 g/mol. The van der Waals surface area contributed by atoms with Gasteiger partial charge in [0.05, 0.1) is 23.4 Å². The van der Waals surface area contributed by atoms with Gasteiger partial charge in [-0.2, -0.15) is 0 Å². The molecule has 2 heterocycles. The van der Waals surface area contributed by atoms with E-state index in [4.69, 9.17) is 16.3 Å². The van der Waals surface area contributed by atoms with Crippen molar-refractivity contribution in [2.24, 2.45) is 0 Å². The fourth-order valence-corrected chi connectivity index (χ4v) is 3.28. The molecule has 1 saturated heterocycles. The second kappa shape index (κ2) is 6.80. The van der Waals surface area contributed by atoms with Gasteiger partial charge in [0.15, 0.2) is 0 Å². The summed E-state index contributed by atoms with van der Waals surface area (Å²) in [5, 5.41) is 0.438. The van der Waals surface area contributed by atoms with Crippen molar-refractivity contribution < 1.29 is 14.3 Å². The van der Waals surface area contributed by atoms with Crippen LogP contribution in [-0.2, 0) is 4.79 Å². The summed E-state index contributed by atoms with van der Waals surface area (Å²) < 4.78 is 7.27. The molecule has 2 aromatic rings. The molecule has 1 unspecified atom stereocenters. The number of likely N-dealkylation sites (N-methyl/N-ethyl adjacent to an activating group) is 1. The number of hydrogen-bond acceptors (Lipinski definition) is 3. The third-order valence-corrected chi connectivity index (χ3v) is 4.82. The third kappa shape index (κ3) is 3.09. The van der Waals surface area contributed by atoms with Crippen LogP contribution in [0.1, 0.15) is 17.3 Å². The minimum atomic E-state index is -0.515. The largest absolute Gasteiger partial charge is 0.496 e. The summed E-state index contributed by atoms with van der Waals surface area (Å²) >= 11 is 6.40. The van der Waals surface area contributed by atoms with Gasteiger partial charge in [-0.15, -0.1) is 0 Å². The number of carbonyl (C=O) groups excluding carboxylic acids is 2. The number of hydrogen-bond donors (Lipinski definition) is 0. The highest BCUT2D eigenvalue weighted by Crippen LogP contribution is 2.31. The van der Waals surface area contributed by atoms with Crippen molar-refractivity contribution in [1.82, 2.24) is 14.4 Å². The summed E-state index contributed by atoms with van der Waals surface area (Å²) in [5.74, 6) is 0.0945. The van der Waals surface area contributed by atoms with E-state index in [0.29, 0.717) is 29.4 Å². The van der Waals surface area contributed by atoms with Crippen molar-refractivity contribution in [2.45, 2.75) is 13.0 Å². The van der Waals surface area contributed by atoms with Crippen LogP contribution in [0.25, 0.3) is 5.69 Å². The molecule has 1 aromatic heterocycles. The zero-order chi connectivity index (χ0) is 18.1. The molecule has 1 fully saturated rings. The van der Waals surface area contributed by atoms with Crippen molar-refractivity contribution in [1.29, 1.82) is 0 Å². The summed E-state index contributed by atoms with van der Waals surface area (Å²) in [4.78, 5) is 28.4. The minimum Gasteiger partial charge on any atom is -0.496 e. The van der Waals surface area contributed by atoms with Gasteiger partial charge in [-0.3, -0.25) is 9.59 Å². The van der Waals surface area contributed by atoms with E-state index in [0.717, 1.165) is 5.69 Å². The van der Waals surface area contributed by atoms with E-state index >= 15 is 0 Å². The lowest BCUT2D eigenvalue weighted by atomic mass is 10.1. The molecular weight excluding hydrogens is 342 g/mol. The van der Waals surface area contributed by atoms with Crippen LogP contribution >= 0.6 is 11.6 Å². The van der Waals surface area contributed by atoms with Crippen LogP contribution in [0.4, 0.5) is 0 Å². The van der Waals surface area contributed by atoms with Gasteiger partial charge in [-0.25, -0.2) is 0 Å². The Morgan fingerprint density at radius 2 is 1.92 bits per heavy atom. The molecule has 1 aliphatic rings. The van der Waals surface area contributed by atoms with E-state index in [9.17, 15) is 9.59 Å². The molecule has 0 saturated carbocycles. The fraction of sp³-hybridized carbons (Fsp3) is 0.333. The number of aromatic nitrogens is 1. The average Bonchev–Trinajstić information content (AvgIpc) is 3.13. The minimum absolute atomic E-state index is 0.0753. The van der Waals surface area contributed by atoms with Crippen molar-refractivity contribution in [3.63, 3.8) is 0 Å². The SMILES string of the molecule is COc1cc(-n2cccc2)c(Cl)cc1C(=O)N1CCN(C)C(=O)C1C. The molecule has 2 amide bonds. The van der Waals surface area contributed by atoms with Crippen LogP contribution in [0, 0.1) is 0 Å². The molecule has 1 aromatic carbocycles. The van der Waals surface area contributed by atoms with E-state index in [1.54, 1.807) is 35.9 Å². The van der Waals surface area contributed by atoms with Crippen LogP contribution in [0.15, 0.2) is 36.7 Å². The van der Waals surface area contributed by atoms with Crippen LogP contribution in [0.3, 0.4) is 0 Å². The van der Waals surface area contributed by atoms with Gasteiger partial charge in [-0.1, -0.05) is 11.6 Å². The maximum absolute atomic E-state index is 13.0. The van der Waals surface area contributed by atoms with E-state index < -0.39 is 6.04 Å². The summed E-state index contributed by atoms with van der Waals surface area (Å²) in [7, 11) is 3.25. The number of amides is 2. The van der Waals surface area contributed by atoms with Gasteiger partial charge in [0.25, 0.3) is 5.91 Å². The number of halogens is 1. The van der Waals surface area contributed by atoms with E-state index in [-0.39, 0.29) is 11.8 Å². The van der Waals surface area contributed by atoms with Gasteiger partial charge >= 0.3 is 0 Å². The normalized spacial score (nSPS) is 17.8. The smallest absolute Gasteiger partial charge is 0.258 e. The third-order valence-electron chi connectivity index (χ3n) is 4.52. The molecule has 0 spiro atoms. The Labute approximate surface area is 151 Å². The maximum Gasteiger partial charge on any atom is 0.258 e. The van der Waals surface area contributed by atoms with Crippen LogP contribution < -0.4 is 4.74 Å². The lowest BCUT2D eigenvalue weighted by Crippen LogP contribution is -2.56. The zero-order valence-corrected chi connectivity index (χ0v) is 15.2. The summed E-state index contributed by atoms with van der Waals surface area (Å²) in [5.41, 5.74) is 1.08. The standard InChI is InChI=1S/C18H20ClN3O3/c1-12-17(23)20(2)8-9-22(12)18(24)13-10-14(19)15(11-16(13)25-3)21-6-4-5-7-21/h4-7,10-12H,8-9H2,1-3H3. The van der Waals surface area contributed by atoms with E-state index in [1.807, 2.05) is 29.1 Å². The molecular formula is C18H20ClN3O3. The zero-order valence-electron chi connectivity index (χ0n) is 14.4. The predicted molar refractivity (Wildman–Crippen MR) is 95.5 cm³/mol. The van der Waals surface area contributed by atoms with Gasteiger partial charge in [-0.05, 0) is 25.1 Å². The predicted octanol–water partition coefficient (Wildman–Crippen LogP) is 2.44. The van der Waals surface area contributed by atoms with Crippen molar-refractivity contribution in [2.75, 3.05) is 27.2 Å². The Hall–Kier alpha value is -2.47. The second-order valence-electron chi connectivity index (χ2n) is 6.03. The summed E-state index contributed by atoms with van der Waals surface area (Å²) in [6.07, 6.45) is 3.73. The van der Waals surface area contributed by atoms with Crippen LogP contribution in [-0.4, -0.2) is 59.5 Å². The summed E-state index contributed by atoms with van der Waals surface area (Å²) in [6, 6.07) is 6.60. The number of rotatable bonds is 3. The van der Waals surface area contributed by atoms with Crippen LogP contribution in [0.2, 0.25) is 5.02 Å². The number of ether oxygens (including phenoxy) is 1. The first kappa shape index (κ1) is 17.4. The molecule has 0 aliphatic carbocycles. The Morgan fingerprint density at radius 3 is 2.56 bits per heavy atom. The van der Waals surface area contributed by atoms with Gasteiger partial charge in [0.2, 0.25) is 5.91 Å². The van der Waals surface area contributed by atoms with E-state index in [1.165, 1.54) is 7.11 Å². The molecule has 25 heavy (non-hydrogen) atoms. The Morgan fingerprint density at radius 1 is 1.24 bits per heavy atom. The summed E-state index contributed by atoms with van der Waals surface area (Å²) in [6.45, 7) is 2.72. The lowest BCUT2D eigenvalue weighted by Gasteiger charge is -2.37. The van der Waals surface area contributed by atoms with Crippen molar-refractivity contribution in [3.05, 3.63) is 47.2 Å². The molecule has 3 rings (SSSR count). The molecule has 7 heteroatoms. The highest BCUT2D eigenvalue weighted by molar-refractivity contribution is 6.33. The van der Waals surface area contributed by atoms with Crippen molar-refractivity contribution >= 4 is 23.4 Å². The molecule has 132 valence electrons. The number of nitrogens with zero attached hydrogens (tertiary/aromatic N) is 3. The molecule has 6 nitrogen and oxygen atoms in total. The fourth-order valence-electron chi connectivity index (χ4n) is 3.02. The topological polar surface area (TPSA) is 54.8 Å². The van der Waals surface area contributed by atoms with Gasteiger partial charge in [0, 0.05) is 38.6 Å².